The van der Waals surface area contributed by atoms with Crippen LogP contribution in [0, 0.1) is 11.3 Å². The second kappa shape index (κ2) is 9.34. The Bertz CT molecular complexity index is 1460. The standard InChI is InChI=1S/C24H18F3N5O3/c1-34-19-9-17-18(10-20(19)35-2)32(13-30-17)21-7-6-16(23(33)29-12-24(25,26)27)22(31-21)15-5-3-4-14(8-15)11-28/h3-10,13H,12H2,1-2H3,(H,29,33). The van der Waals surface area contributed by atoms with Crippen molar-refractivity contribution in [2.75, 3.05) is 20.8 Å². The van der Waals surface area contributed by atoms with Gasteiger partial charge in [0.15, 0.2) is 11.5 Å². The van der Waals surface area contributed by atoms with Crippen LogP contribution >= 0.6 is 0 Å². The molecule has 0 radical (unpaired) electrons. The molecule has 1 N–H and O–H groups in total. The summed E-state index contributed by atoms with van der Waals surface area (Å²) in [6, 6.07) is 14.6. The molecule has 4 rings (SSSR count). The largest absolute Gasteiger partial charge is 0.493 e. The van der Waals surface area contributed by atoms with Crippen LogP contribution in [0.15, 0.2) is 54.9 Å². The molecule has 2 heterocycles. The van der Waals surface area contributed by atoms with E-state index < -0.39 is 18.6 Å². The Balaban J connectivity index is 1.86. The maximum atomic E-state index is 12.7. The molecular formula is C24H18F3N5O3. The van der Waals surface area contributed by atoms with Gasteiger partial charge in [0.05, 0.1) is 48.1 Å². The van der Waals surface area contributed by atoms with Gasteiger partial charge in [0.25, 0.3) is 5.91 Å². The van der Waals surface area contributed by atoms with Gasteiger partial charge in [-0.1, -0.05) is 12.1 Å². The summed E-state index contributed by atoms with van der Waals surface area (Å²) in [4.78, 5) is 21.6. The Morgan fingerprint density at radius 1 is 1.11 bits per heavy atom. The highest BCUT2D eigenvalue weighted by atomic mass is 19.4. The van der Waals surface area contributed by atoms with Crippen molar-refractivity contribution in [3.63, 3.8) is 0 Å². The number of nitriles is 1. The number of methoxy groups -OCH3 is 2. The van der Waals surface area contributed by atoms with Gasteiger partial charge in [0.1, 0.15) is 18.7 Å². The van der Waals surface area contributed by atoms with E-state index in [0.717, 1.165) is 0 Å². The number of rotatable bonds is 6. The Kier molecular flexibility index (Phi) is 6.29. The second-order valence-corrected chi connectivity index (χ2v) is 7.37. The van der Waals surface area contributed by atoms with Crippen LogP contribution in [0.4, 0.5) is 13.2 Å². The molecule has 0 atom stereocenters. The van der Waals surface area contributed by atoms with Crippen LogP contribution in [-0.4, -0.2) is 47.4 Å². The molecule has 0 fully saturated rings. The van der Waals surface area contributed by atoms with Gasteiger partial charge in [-0.2, -0.15) is 18.4 Å². The minimum atomic E-state index is -4.57. The topological polar surface area (TPSA) is 102 Å². The number of aromatic nitrogens is 3. The van der Waals surface area contributed by atoms with Crippen LogP contribution in [0.5, 0.6) is 11.5 Å². The van der Waals surface area contributed by atoms with E-state index in [1.165, 1.54) is 38.7 Å². The van der Waals surface area contributed by atoms with Gasteiger partial charge in [-0.25, -0.2) is 9.97 Å². The molecule has 4 aromatic rings. The molecule has 0 saturated heterocycles. The van der Waals surface area contributed by atoms with E-state index in [-0.39, 0.29) is 11.3 Å². The van der Waals surface area contributed by atoms with Crippen molar-refractivity contribution in [3.05, 3.63) is 66.0 Å². The van der Waals surface area contributed by atoms with E-state index in [4.69, 9.17) is 9.47 Å². The SMILES string of the molecule is COc1cc2ncn(-c3ccc(C(=O)NCC(F)(F)F)c(-c4cccc(C#N)c4)n3)c2cc1OC. The number of hydrogen-bond acceptors (Lipinski definition) is 6. The number of fused-ring (bicyclic) bond motifs is 1. The highest BCUT2D eigenvalue weighted by Gasteiger charge is 2.29. The third-order valence-corrected chi connectivity index (χ3v) is 5.14. The van der Waals surface area contributed by atoms with E-state index in [1.54, 1.807) is 34.9 Å². The number of carbonyl (C=O) groups excluding carboxylic acids is 1. The number of nitrogens with one attached hydrogen (secondary N) is 1. The molecule has 0 aliphatic heterocycles. The van der Waals surface area contributed by atoms with Gasteiger partial charge >= 0.3 is 6.18 Å². The second-order valence-electron chi connectivity index (χ2n) is 7.37. The van der Waals surface area contributed by atoms with E-state index >= 15 is 0 Å². The fraction of sp³-hybridized carbons (Fsp3) is 0.167. The van der Waals surface area contributed by atoms with Crippen LogP contribution in [0.25, 0.3) is 28.1 Å². The third-order valence-electron chi connectivity index (χ3n) is 5.14. The zero-order valence-corrected chi connectivity index (χ0v) is 18.6. The number of imidazole rings is 1. The highest BCUT2D eigenvalue weighted by Crippen LogP contribution is 2.33. The van der Waals surface area contributed by atoms with Gasteiger partial charge in [-0.15, -0.1) is 0 Å². The number of ether oxygens (including phenoxy) is 2. The quantitative estimate of drug-likeness (QED) is 0.441. The maximum absolute atomic E-state index is 12.7. The number of hydrogen-bond donors (Lipinski definition) is 1. The summed E-state index contributed by atoms with van der Waals surface area (Å²) in [5.74, 6) is 0.362. The van der Waals surface area contributed by atoms with E-state index in [9.17, 15) is 23.2 Å². The molecule has 0 aliphatic rings. The van der Waals surface area contributed by atoms with Crippen molar-refractivity contribution in [2.45, 2.75) is 6.18 Å². The van der Waals surface area contributed by atoms with E-state index in [2.05, 4.69) is 9.97 Å². The predicted octanol–water partition coefficient (Wildman–Crippen LogP) is 4.27. The summed E-state index contributed by atoms with van der Waals surface area (Å²) in [5, 5.41) is 11.1. The summed E-state index contributed by atoms with van der Waals surface area (Å²) < 4.78 is 50.3. The Hall–Kier alpha value is -4.59. The minimum absolute atomic E-state index is 0.0724. The normalized spacial score (nSPS) is 11.2. The molecule has 1 amide bonds. The van der Waals surface area contributed by atoms with Crippen molar-refractivity contribution in [1.82, 2.24) is 19.9 Å². The van der Waals surface area contributed by atoms with Crippen LogP contribution in [-0.2, 0) is 0 Å². The molecule has 178 valence electrons. The summed E-state index contributed by atoms with van der Waals surface area (Å²) in [6.07, 6.45) is -3.05. The Morgan fingerprint density at radius 3 is 2.54 bits per heavy atom. The first-order valence-corrected chi connectivity index (χ1v) is 10.2. The van der Waals surface area contributed by atoms with Gasteiger partial charge in [-0.3, -0.25) is 9.36 Å². The molecule has 2 aromatic heterocycles. The number of pyridine rings is 1. The predicted molar refractivity (Wildman–Crippen MR) is 121 cm³/mol. The molecular weight excluding hydrogens is 463 g/mol. The van der Waals surface area contributed by atoms with E-state index in [1.807, 2.05) is 11.4 Å². The fourth-order valence-electron chi connectivity index (χ4n) is 3.52. The lowest BCUT2D eigenvalue weighted by Gasteiger charge is -2.14. The first kappa shape index (κ1) is 23.6. The zero-order valence-electron chi connectivity index (χ0n) is 18.6. The number of amides is 1. The van der Waals surface area contributed by atoms with Crippen molar-refractivity contribution in [2.24, 2.45) is 0 Å². The lowest BCUT2D eigenvalue weighted by Crippen LogP contribution is -2.34. The van der Waals surface area contributed by atoms with Gasteiger partial charge in [0.2, 0.25) is 0 Å². The molecule has 2 aromatic carbocycles. The van der Waals surface area contributed by atoms with Crippen LogP contribution in [0.3, 0.4) is 0 Å². The molecule has 0 unspecified atom stereocenters. The minimum Gasteiger partial charge on any atom is -0.493 e. The molecule has 0 saturated carbocycles. The van der Waals surface area contributed by atoms with Crippen molar-refractivity contribution in [3.8, 4) is 34.6 Å². The van der Waals surface area contributed by atoms with E-state index in [0.29, 0.717) is 39.5 Å². The summed E-state index contributed by atoms with van der Waals surface area (Å²) >= 11 is 0. The first-order chi connectivity index (χ1) is 16.7. The third kappa shape index (κ3) is 4.86. The number of halogens is 3. The number of carbonyl (C=O) groups is 1. The number of nitrogens with zero attached hydrogens (tertiary/aromatic N) is 4. The van der Waals surface area contributed by atoms with Crippen molar-refractivity contribution in [1.29, 1.82) is 5.26 Å². The van der Waals surface area contributed by atoms with Crippen molar-refractivity contribution < 1.29 is 27.4 Å². The molecule has 8 nitrogen and oxygen atoms in total. The van der Waals surface area contributed by atoms with Gasteiger partial charge in [-0.05, 0) is 24.3 Å². The summed E-state index contributed by atoms with van der Waals surface area (Å²) in [6.45, 7) is -1.49. The van der Waals surface area contributed by atoms with Crippen LogP contribution in [0.2, 0.25) is 0 Å². The molecule has 0 spiro atoms. The average molecular weight is 481 g/mol. The Labute approximate surface area is 197 Å². The summed E-state index contributed by atoms with van der Waals surface area (Å²) in [5.41, 5.74) is 1.96. The zero-order chi connectivity index (χ0) is 25.2. The lowest BCUT2D eigenvalue weighted by molar-refractivity contribution is -0.123. The molecule has 11 heteroatoms. The highest BCUT2D eigenvalue weighted by molar-refractivity contribution is 6.00. The fourth-order valence-corrected chi connectivity index (χ4v) is 3.52. The first-order valence-electron chi connectivity index (χ1n) is 10.2. The van der Waals surface area contributed by atoms with Gasteiger partial charge in [0, 0.05) is 17.7 Å². The van der Waals surface area contributed by atoms with Crippen molar-refractivity contribution >= 4 is 16.9 Å². The van der Waals surface area contributed by atoms with Gasteiger partial charge < -0.3 is 14.8 Å². The Morgan fingerprint density at radius 2 is 1.86 bits per heavy atom. The molecule has 0 bridgehead atoms. The average Bonchev–Trinajstić information content (AvgIpc) is 3.28. The monoisotopic (exact) mass is 481 g/mol. The lowest BCUT2D eigenvalue weighted by atomic mass is 10.0. The number of alkyl halides is 3. The molecule has 0 aliphatic carbocycles. The maximum Gasteiger partial charge on any atom is 0.405 e. The summed E-state index contributed by atoms with van der Waals surface area (Å²) in [7, 11) is 3.00. The smallest absolute Gasteiger partial charge is 0.405 e. The van der Waals surface area contributed by atoms with Crippen LogP contribution in [0.1, 0.15) is 15.9 Å². The number of benzene rings is 2. The molecule has 35 heavy (non-hydrogen) atoms. The van der Waals surface area contributed by atoms with Crippen LogP contribution < -0.4 is 14.8 Å².